The normalized spacial score (nSPS) is 29.8. The highest BCUT2D eigenvalue weighted by molar-refractivity contribution is 6.09. The van der Waals surface area contributed by atoms with Crippen LogP contribution in [0.4, 0.5) is 4.79 Å². The van der Waals surface area contributed by atoms with Crippen molar-refractivity contribution >= 4 is 17.8 Å². The van der Waals surface area contributed by atoms with Gasteiger partial charge >= 0.3 is 6.03 Å². The molecule has 6 heteroatoms. The minimum atomic E-state index is -0.993. The van der Waals surface area contributed by atoms with Crippen LogP contribution in [0.15, 0.2) is 24.3 Å². The van der Waals surface area contributed by atoms with Crippen molar-refractivity contribution in [1.82, 2.24) is 15.1 Å². The Balaban J connectivity index is 1.48. The van der Waals surface area contributed by atoms with Crippen molar-refractivity contribution in [2.24, 2.45) is 5.92 Å². The zero-order valence-electron chi connectivity index (χ0n) is 16.0. The number of nitrogens with zero attached hydrogens (tertiary/aromatic N) is 2. The maximum absolute atomic E-state index is 13.2. The number of imide groups is 1. The van der Waals surface area contributed by atoms with E-state index in [4.69, 9.17) is 0 Å². The van der Waals surface area contributed by atoms with Gasteiger partial charge in [0, 0.05) is 13.1 Å². The summed E-state index contributed by atoms with van der Waals surface area (Å²) in [6, 6.07) is 7.47. The Morgan fingerprint density at radius 1 is 1.22 bits per heavy atom. The van der Waals surface area contributed by atoms with Crippen LogP contribution in [0, 0.1) is 5.92 Å². The topological polar surface area (TPSA) is 69.7 Å². The lowest BCUT2D eigenvalue weighted by molar-refractivity contribution is -0.140. The van der Waals surface area contributed by atoms with E-state index in [1.807, 2.05) is 24.3 Å². The van der Waals surface area contributed by atoms with Gasteiger partial charge in [0.15, 0.2) is 0 Å². The lowest BCUT2D eigenvalue weighted by atomic mass is 9.87. The molecular formula is C21H27N3O3. The van der Waals surface area contributed by atoms with Crippen LogP contribution >= 0.6 is 0 Å². The summed E-state index contributed by atoms with van der Waals surface area (Å²) in [5.41, 5.74) is 0.966. The molecular weight excluding hydrogens is 342 g/mol. The van der Waals surface area contributed by atoms with Gasteiger partial charge in [-0.25, -0.2) is 4.79 Å². The highest BCUT2D eigenvalue weighted by atomic mass is 16.2. The summed E-state index contributed by atoms with van der Waals surface area (Å²) >= 11 is 0. The quantitative estimate of drug-likeness (QED) is 0.832. The first-order valence-corrected chi connectivity index (χ1v) is 9.90. The third-order valence-corrected chi connectivity index (χ3v) is 6.64. The first-order chi connectivity index (χ1) is 12.9. The molecule has 144 valence electrons. The number of benzene rings is 1. The van der Waals surface area contributed by atoms with Crippen molar-refractivity contribution in [3.63, 3.8) is 0 Å². The smallest absolute Gasteiger partial charge is 0.325 e. The number of hydrogen-bond acceptors (Lipinski definition) is 3. The minimum Gasteiger partial charge on any atom is -0.341 e. The molecule has 2 fully saturated rings. The highest BCUT2D eigenvalue weighted by Crippen LogP contribution is 2.41. The molecule has 1 saturated heterocycles. The molecule has 4 amide bonds. The molecule has 1 heterocycles. The largest absolute Gasteiger partial charge is 0.341 e. The summed E-state index contributed by atoms with van der Waals surface area (Å²) in [7, 11) is 1.79. The van der Waals surface area contributed by atoms with Crippen LogP contribution in [-0.2, 0) is 21.5 Å². The molecule has 0 radical (unpaired) electrons. The summed E-state index contributed by atoms with van der Waals surface area (Å²) in [4.78, 5) is 41.3. The molecule has 1 atom stereocenters. The summed E-state index contributed by atoms with van der Waals surface area (Å²) in [6.45, 7) is 2.06. The van der Waals surface area contributed by atoms with E-state index in [9.17, 15) is 14.4 Å². The SMILES string of the molecule is CC1CCC(N(C)C(=O)CN2C(=O)N[C@@]3(CCc4ccccc43)C2=O)CC1. The van der Waals surface area contributed by atoms with Gasteiger partial charge in [0.25, 0.3) is 5.91 Å². The molecule has 1 aromatic carbocycles. The van der Waals surface area contributed by atoms with Crippen molar-refractivity contribution in [3.05, 3.63) is 35.4 Å². The first-order valence-electron chi connectivity index (χ1n) is 9.90. The summed E-state index contributed by atoms with van der Waals surface area (Å²) < 4.78 is 0. The van der Waals surface area contributed by atoms with Gasteiger partial charge in [0.1, 0.15) is 12.1 Å². The van der Waals surface area contributed by atoms with Crippen molar-refractivity contribution in [2.45, 2.75) is 57.0 Å². The van der Waals surface area contributed by atoms with Crippen LogP contribution in [-0.4, -0.2) is 47.3 Å². The van der Waals surface area contributed by atoms with Gasteiger partial charge in [0.05, 0.1) is 0 Å². The number of likely N-dealkylation sites (N-methyl/N-ethyl adjacent to an activating group) is 1. The van der Waals surface area contributed by atoms with Crippen LogP contribution in [0.25, 0.3) is 0 Å². The summed E-state index contributed by atoms with van der Waals surface area (Å²) in [5.74, 6) is 0.246. The molecule has 0 unspecified atom stereocenters. The number of fused-ring (bicyclic) bond motifs is 2. The van der Waals surface area contributed by atoms with E-state index in [2.05, 4.69) is 12.2 Å². The Kier molecular flexibility index (Phi) is 4.44. The third kappa shape index (κ3) is 2.91. The molecule has 0 aromatic heterocycles. The van der Waals surface area contributed by atoms with E-state index in [1.165, 1.54) is 0 Å². The maximum Gasteiger partial charge on any atom is 0.325 e. The number of hydrogen-bond donors (Lipinski definition) is 1. The molecule has 4 rings (SSSR count). The molecule has 6 nitrogen and oxygen atoms in total. The fourth-order valence-corrected chi connectivity index (χ4v) is 4.81. The Morgan fingerprint density at radius 2 is 1.93 bits per heavy atom. The summed E-state index contributed by atoms with van der Waals surface area (Å²) in [6.07, 6.45) is 5.51. The molecule has 1 saturated carbocycles. The molecule has 27 heavy (non-hydrogen) atoms. The fourth-order valence-electron chi connectivity index (χ4n) is 4.81. The van der Waals surface area contributed by atoms with Gasteiger partial charge < -0.3 is 10.2 Å². The Morgan fingerprint density at radius 3 is 2.67 bits per heavy atom. The number of aryl methyl sites for hydroxylation is 1. The number of carbonyl (C=O) groups is 3. The van der Waals surface area contributed by atoms with Gasteiger partial charge in [-0.15, -0.1) is 0 Å². The number of urea groups is 1. The van der Waals surface area contributed by atoms with Gasteiger partial charge in [0.2, 0.25) is 5.91 Å². The Bertz CT molecular complexity index is 785. The number of nitrogens with one attached hydrogen (secondary N) is 1. The predicted octanol–water partition coefficient (Wildman–Crippen LogP) is 2.42. The second kappa shape index (κ2) is 6.66. The van der Waals surface area contributed by atoms with Crippen molar-refractivity contribution in [3.8, 4) is 0 Å². The molecule has 1 aromatic rings. The van der Waals surface area contributed by atoms with E-state index >= 15 is 0 Å². The van der Waals surface area contributed by atoms with Crippen LogP contribution in [0.3, 0.4) is 0 Å². The van der Waals surface area contributed by atoms with Crippen LogP contribution < -0.4 is 5.32 Å². The molecule has 2 aliphatic carbocycles. The van der Waals surface area contributed by atoms with Crippen LogP contribution in [0.2, 0.25) is 0 Å². The van der Waals surface area contributed by atoms with E-state index in [-0.39, 0.29) is 24.4 Å². The second-order valence-corrected chi connectivity index (χ2v) is 8.30. The van der Waals surface area contributed by atoms with Crippen molar-refractivity contribution < 1.29 is 14.4 Å². The Hall–Kier alpha value is -2.37. The van der Waals surface area contributed by atoms with Gasteiger partial charge in [-0.3, -0.25) is 14.5 Å². The average Bonchev–Trinajstić information content (AvgIpc) is 3.15. The third-order valence-electron chi connectivity index (χ3n) is 6.64. The minimum absolute atomic E-state index is 0.165. The first kappa shape index (κ1) is 18.0. The molecule has 0 bridgehead atoms. The monoisotopic (exact) mass is 369 g/mol. The zero-order chi connectivity index (χ0) is 19.2. The predicted molar refractivity (Wildman–Crippen MR) is 101 cm³/mol. The van der Waals surface area contributed by atoms with Gasteiger partial charge in [-0.05, 0) is 55.6 Å². The van der Waals surface area contributed by atoms with E-state index in [0.29, 0.717) is 12.3 Å². The fraction of sp³-hybridized carbons (Fsp3) is 0.571. The molecule has 1 aliphatic heterocycles. The molecule has 1 spiro atoms. The lowest BCUT2D eigenvalue weighted by Crippen LogP contribution is -2.47. The van der Waals surface area contributed by atoms with Gasteiger partial charge in [-0.1, -0.05) is 31.2 Å². The van der Waals surface area contributed by atoms with E-state index in [1.54, 1.807) is 11.9 Å². The molecule has 3 aliphatic rings. The molecule has 1 N–H and O–H groups in total. The van der Waals surface area contributed by atoms with Crippen molar-refractivity contribution in [2.75, 3.05) is 13.6 Å². The zero-order valence-corrected chi connectivity index (χ0v) is 16.0. The van der Waals surface area contributed by atoms with Crippen LogP contribution in [0.5, 0.6) is 0 Å². The van der Waals surface area contributed by atoms with E-state index in [0.717, 1.165) is 48.1 Å². The summed E-state index contributed by atoms with van der Waals surface area (Å²) in [5, 5.41) is 2.88. The highest BCUT2D eigenvalue weighted by Gasteiger charge is 2.55. The number of amides is 4. The van der Waals surface area contributed by atoms with Crippen LogP contribution in [0.1, 0.15) is 50.2 Å². The maximum atomic E-state index is 13.2. The Labute approximate surface area is 159 Å². The van der Waals surface area contributed by atoms with Crippen molar-refractivity contribution in [1.29, 1.82) is 0 Å². The number of carbonyl (C=O) groups excluding carboxylic acids is 3. The van der Waals surface area contributed by atoms with E-state index < -0.39 is 11.6 Å². The van der Waals surface area contributed by atoms with Gasteiger partial charge in [-0.2, -0.15) is 0 Å². The second-order valence-electron chi connectivity index (χ2n) is 8.30. The standard InChI is InChI=1S/C21H27N3O3/c1-14-7-9-16(10-8-14)23(2)18(25)13-24-19(26)21(22-20(24)27)12-11-15-5-3-4-6-17(15)21/h3-6,14,16H,7-13H2,1-2H3,(H,22,27)/t14?,16?,21-/m1/s1. The number of rotatable bonds is 3. The average molecular weight is 369 g/mol. The lowest BCUT2D eigenvalue weighted by Gasteiger charge is -2.34.